The van der Waals surface area contributed by atoms with E-state index in [1.54, 1.807) is 0 Å². The molecule has 50 heavy (non-hydrogen) atoms. The molecule has 0 aliphatic heterocycles. The lowest BCUT2D eigenvalue weighted by Gasteiger charge is -2.19. The minimum Gasteiger partial charge on any atom is -0.455 e. The van der Waals surface area contributed by atoms with Crippen molar-refractivity contribution in [2.24, 2.45) is 0 Å². The molecule has 1 atom stereocenters. The van der Waals surface area contributed by atoms with Crippen LogP contribution in [-0.4, -0.2) is 0 Å². The van der Waals surface area contributed by atoms with Crippen LogP contribution >= 0.6 is 0 Å². The number of hydrogen-bond donors (Lipinski definition) is 0. The summed E-state index contributed by atoms with van der Waals surface area (Å²) < 4.78 is 6.92. The molecule has 0 aliphatic rings. The average Bonchev–Trinajstić information content (AvgIpc) is 3.55. The Bertz CT molecular complexity index is 2840. The van der Waals surface area contributed by atoms with Crippen molar-refractivity contribution in [1.82, 2.24) is 0 Å². The Labute approximate surface area is 290 Å². The fourth-order valence-corrected chi connectivity index (χ4v) is 8.02. The smallest absolute Gasteiger partial charge is 0.143 e. The Morgan fingerprint density at radius 2 is 0.900 bits per heavy atom. The maximum atomic E-state index is 6.92. The highest BCUT2D eigenvalue weighted by Crippen LogP contribution is 2.46. The van der Waals surface area contributed by atoms with Crippen LogP contribution in [0.3, 0.4) is 0 Å². The zero-order valence-corrected chi connectivity index (χ0v) is 27.4. The van der Waals surface area contributed by atoms with Gasteiger partial charge in [-0.15, -0.1) is 0 Å². The largest absolute Gasteiger partial charge is 0.455 e. The predicted molar refractivity (Wildman–Crippen MR) is 211 cm³/mol. The molecule has 1 unspecified atom stereocenters. The normalized spacial score (nSPS) is 12.3. The van der Waals surface area contributed by atoms with Gasteiger partial charge in [0.25, 0.3) is 0 Å². The SMILES string of the molecule is c1ccc(-c2ccc(C(c3ccccc3)c3ccc4oc5c(-c6cc7ccccc7c7ccccc67)c6ccccc6cc5c4c3)cc2)cc1. The molecule has 0 saturated heterocycles. The standard InChI is InChI=1S/C49H32O/c1-3-13-32(14-4-1)33-23-25-35(26-24-33)47(34-15-5-2-6-16-34)38-27-28-46-43(31-38)45-30-37-18-8-10-20-40(37)48(49(45)50-46)44-29-36-17-7-9-19-39(36)41-21-11-12-22-42(41)44/h1-31,47H. The molecule has 10 rings (SSSR count). The van der Waals surface area contributed by atoms with Crippen molar-refractivity contribution in [3.63, 3.8) is 0 Å². The van der Waals surface area contributed by atoms with E-state index in [0.29, 0.717) is 0 Å². The van der Waals surface area contributed by atoms with Gasteiger partial charge in [0.05, 0.1) is 0 Å². The third-order valence-corrected chi connectivity index (χ3v) is 10.4. The van der Waals surface area contributed by atoms with E-state index in [4.69, 9.17) is 4.42 Å². The van der Waals surface area contributed by atoms with Gasteiger partial charge in [-0.2, -0.15) is 0 Å². The van der Waals surface area contributed by atoms with E-state index >= 15 is 0 Å². The summed E-state index contributed by atoms with van der Waals surface area (Å²) in [7, 11) is 0. The van der Waals surface area contributed by atoms with Gasteiger partial charge in [0.1, 0.15) is 11.2 Å². The highest BCUT2D eigenvalue weighted by Gasteiger charge is 2.22. The second-order valence-electron chi connectivity index (χ2n) is 13.2. The molecule has 9 aromatic carbocycles. The first kappa shape index (κ1) is 28.6. The van der Waals surface area contributed by atoms with Gasteiger partial charge < -0.3 is 4.42 Å². The summed E-state index contributed by atoms with van der Waals surface area (Å²) in [6.07, 6.45) is 0. The second-order valence-corrected chi connectivity index (χ2v) is 13.2. The maximum Gasteiger partial charge on any atom is 0.143 e. The van der Waals surface area contributed by atoms with Crippen molar-refractivity contribution in [2.45, 2.75) is 5.92 Å². The maximum absolute atomic E-state index is 6.92. The summed E-state index contributed by atoms with van der Waals surface area (Å²) >= 11 is 0. The van der Waals surface area contributed by atoms with Gasteiger partial charge in [0, 0.05) is 22.3 Å². The Morgan fingerprint density at radius 1 is 0.340 bits per heavy atom. The first-order chi connectivity index (χ1) is 24.8. The lowest BCUT2D eigenvalue weighted by Crippen LogP contribution is -2.03. The molecular formula is C49H32O. The fraction of sp³-hybridized carbons (Fsp3) is 0.0204. The zero-order valence-electron chi connectivity index (χ0n) is 27.4. The summed E-state index contributed by atoms with van der Waals surface area (Å²) in [6, 6.07) is 68.1. The summed E-state index contributed by atoms with van der Waals surface area (Å²) in [4.78, 5) is 0. The number of furan rings is 1. The van der Waals surface area contributed by atoms with Gasteiger partial charge in [-0.3, -0.25) is 0 Å². The predicted octanol–water partition coefficient (Wildman–Crippen LogP) is 13.6. The van der Waals surface area contributed by atoms with Crippen LogP contribution in [-0.2, 0) is 0 Å². The van der Waals surface area contributed by atoms with Gasteiger partial charge in [-0.1, -0.05) is 164 Å². The first-order valence-electron chi connectivity index (χ1n) is 17.3. The van der Waals surface area contributed by atoms with Crippen molar-refractivity contribution < 1.29 is 4.42 Å². The second kappa shape index (κ2) is 11.6. The summed E-state index contributed by atoms with van der Waals surface area (Å²) in [5, 5.41) is 9.65. The molecule has 0 spiro atoms. The lowest BCUT2D eigenvalue weighted by molar-refractivity contribution is 0.670. The van der Waals surface area contributed by atoms with Crippen molar-refractivity contribution in [1.29, 1.82) is 0 Å². The molecule has 1 heteroatoms. The number of rotatable bonds is 5. The van der Waals surface area contributed by atoms with E-state index in [1.165, 1.54) is 65.7 Å². The van der Waals surface area contributed by atoms with E-state index < -0.39 is 0 Å². The van der Waals surface area contributed by atoms with Crippen molar-refractivity contribution in [3.05, 3.63) is 205 Å². The summed E-state index contributed by atoms with van der Waals surface area (Å²) in [5.74, 6) is 0.0692. The van der Waals surface area contributed by atoms with Crippen LogP contribution in [0.25, 0.3) is 76.5 Å². The van der Waals surface area contributed by atoms with E-state index in [2.05, 4.69) is 188 Å². The molecule has 0 bridgehead atoms. The Morgan fingerprint density at radius 3 is 1.66 bits per heavy atom. The van der Waals surface area contributed by atoms with Crippen LogP contribution in [0.4, 0.5) is 0 Å². The number of fused-ring (bicyclic) bond motifs is 7. The molecule has 0 aliphatic carbocycles. The van der Waals surface area contributed by atoms with Gasteiger partial charge in [0.15, 0.2) is 0 Å². The van der Waals surface area contributed by atoms with Crippen LogP contribution in [0.5, 0.6) is 0 Å². The van der Waals surface area contributed by atoms with E-state index in [9.17, 15) is 0 Å². The van der Waals surface area contributed by atoms with E-state index in [0.717, 1.165) is 27.5 Å². The third kappa shape index (κ3) is 4.63. The number of benzene rings is 9. The molecule has 0 radical (unpaired) electrons. The molecule has 0 N–H and O–H groups in total. The average molecular weight is 637 g/mol. The van der Waals surface area contributed by atoms with Crippen molar-refractivity contribution in [3.8, 4) is 22.3 Å². The first-order valence-corrected chi connectivity index (χ1v) is 17.3. The molecule has 0 fully saturated rings. The molecule has 234 valence electrons. The van der Waals surface area contributed by atoms with Gasteiger partial charge in [-0.25, -0.2) is 0 Å². The van der Waals surface area contributed by atoms with Crippen LogP contribution < -0.4 is 0 Å². The highest BCUT2D eigenvalue weighted by molar-refractivity contribution is 6.23. The zero-order chi connectivity index (χ0) is 33.0. The molecule has 10 aromatic rings. The molecule has 1 heterocycles. The summed E-state index contributed by atoms with van der Waals surface area (Å²) in [6.45, 7) is 0. The minimum absolute atomic E-state index is 0.0692. The molecule has 0 amide bonds. The molecule has 1 aromatic heterocycles. The lowest BCUT2D eigenvalue weighted by atomic mass is 9.84. The molecular weight excluding hydrogens is 605 g/mol. The van der Waals surface area contributed by atoms with Crippen molar-refractivity contribution >= 4 is 54.3 Å². The minimum atomic E-state index is 0.0692. The van der Waals surface area contributed by atoms with E-state index in [-0.39, 0.29) is 5.92 Å². The molecule has 0 saturated carbocycles. The highest BCUT2D eigenvalue weighted by atomic mass is 16.3. The molecule has 1 nitrogen and oxygen atoms in total. The van der Waals surface area contributed by atoms with Crippen LogP contribution in [0.2, 0.25) is 0 Å². The fourth-order valence-electron chi connectivity index (χ4n) is 8.02. The quantitative estimate of drug-likeness (QED) is 0.135. The summed E-state index contributed by atoms with van der Waals surface area (Å²) in [5.41, 5.74) is 10.4. The van der Waals surface area contributed by atoms with Crippen molar-refractivity contribution in [2.75, 3.05) is 0 Å². The third-order valence-electron chi connectivity index (χ3n) is 10.4. The number of hydrogen-bond acceptors (Lipinski definition) is 1. The topological polar surface area (TPSA) is 13.1 Å². The van der Waals surface area contributed by atoms with Crippen LogP contribution in [0, 0.1) is 0 Å². The Hall–Kier alpha value is -6.44. The van der Waals surface area contributed by atoms with Gasteiger partial charge in [0.2, 0.25) is 0 Å². The van der Waals surface area contributed by atoms with Gasteiger partial charge in [-0.05, 0) is 90.0 Å². The Balaban J connectivity index is 1.21. The van der Waals surface area contributed by atoms with E-state index in [1.807, 2.05) is 0 Å². The Kier molecular flexibility index (Phi) is 6.63. The van der Waals surface area contributed by atoms with Crippen LogP contribution in [0.15, 0.2) is 192 Å². The van der Waals surface area contributed by atoms with Crippen LogP contribution in [0.1, 0.15) is 22.6 Å². The van der Waals surface area contributed by atoms with Gasteiger partial charge >= 0.3 is 0 Å². The monoisotopic (exact) mass is 636 g/mol.